The predicted molar refractivity (Wildman–Crippen MR) is 87.3 cm³/mol. The van der Waals surface area contributed by atoms with Crippen LogP contribution in [-0.4, -0.2) is 37.0 Å². The minimum atomic E-state index is -1.07. The van der Waals surface area contributed by atoms with Gasteiger partial charge in [-0.1, -0.05) is 11.6 Å². The van der Waals surface area contributed by atoms with Crippen molar-refractivity contribution in [1.29, 1.82) is 0 Å². The molecule has 2 amide bonds. The van der Waals surface area contributed by atoms with Gasteiger partial charge >= 0.3 is 5.97 Å². The summed E-state index contributed by atoms with van der Waals surface area (Å²) < 4.78 is 4.61. The van der Waals surface area contributed by atoms with Crippen LogP contribution in [0.1, 0.15) is 37.0 Å². The summed E-state index contributed by atoms with van der Waals surface area (Å²) >= 11 is 5.75. The number of hydrogen-bond donors (Lipinski definition) is 2. The summed E-state index contributed by atoms with van der Waals surface area (Å²) in [5.74, 6) is -1.01. The van der Waals surface area contributed by atoms with Gasteiger partial charge in [0.2, 0.25) is 5.91 Å². The highest BCUT2D eigenvalue weighted by Gasteiger charge is 2.30. The second kappa shape index (κ2) is 8.53. The molecule has 6 nitrogen and oxygen atoms in total. The molecule has 0 aliphatic rings. The van der Waals surface area contributed by atoms with E-state index in [-0.39, 0.29) is 18.2 Å². The monoisotopic (exact) mass is 340 g/mol. The van der Waals surface area contributed by atoms with Crippen LogP contribution in [0, 0.1) is 0 Å². The minimum absolute atomic E-state index is 0.196. The Hall–Kier alpha value is -2.08. The van der Waals surface area contributed by atoms with Gasteiger partial charge in [-0.25, -0.2) is 4.79 Å². The first kappa shape index (κ1) is 19.0. The second-order valence-corrected chi connectivity index (χ2v) is 5.97. The first-order chi connectivity index (χ1) is 10.8. The Morgan fingerprint density at radius 2 is 1.78 bits per heavy atom. The summed E-state index contributed by atoms with van der Waals surface area (Å²) in [6.45, 7) is 3.49. The molecule has 0 fully saturated rings. The molecule has 2 N–H and O–H groups in total. The molecule has 0 saturated carbocycles. The van der Waals surface area contributed by atoms with Gasteiger partial charge in [-0.05, 0) is 44.5 Å². The molecule has 23 heavy (non-hydrogen) atoms. The van der Waals surface area contributed by atoms with Gasteiger partial charge in [-0.15, -0.1) is 0 Å². The molecule has 1 aromatic carbocycles. The molecular formula is C16H21ClN2O4. The average Bonchev–Trinajstić information content (AvgIpc) is 2.50. The van der Waals surface area contributed by atoms with E-state index in [0.29, 0.717) is 23.6 Å². The number of nitrogens with one attached hydrogen (secondary N) is 2. The van der Waals surface area contributed by atoms with Gasteiger partial charge in [0, 0.05) is 23.6 Å². The van der Waals surface area contributed by atoms with Gasteiger partial charge in [0.05, 0.1) is 7.11 Å². The molecule has 0 unspecified atom stereocenters. The first-order valence-electron chi connectivity index (χ1n) is 7.19. The summed E-state index contributed by atoms with van der Waals surface area (Å²) in [5, 5.41) is 5.87. The Bertz CT molecular complexity index is 570. The Labute approximate surface area is 140 Å². The van der Waals surface area contributed by atoms with Crippen LogP contribution in [0.2, 0.25) is 5.02 Å². The van der Waals surface area contributed by atoms with Gasteiger partial charge in [0.15, 0.2) is 0 Å². The molecule has 0 heterocycles. The van der Waals surface area contributed by atoms with Crippen molar-refractivity contribution >= 4 is 29.4 Å². The molecule has 0 radical (unpaired) electrons. The maximum atomic E-state index is 11.8. The Morgan fingerprint density at radius 3 is 2.35 bits per heavy atom. The summed E-state index contributed by atoms with van der Waals surface area (Å²) in [6.07, 6.45) is 0.656. The van der Waals surface area contributed by atoms with Crippen LogP contribution in [0.25, 0.3) is 0 Å². The maximum Gasteiger partial charge on any atom is 0.330 e. The minimum Gasteiger partial charge on any atom is -0.467 e. The van der Waals surface area contributed by atoms with E-state index >= 15 is 0 Å². The van der Waals surface area contributed by atoms with E-state index in [0.717, 1.165) is 0 Å². The lowest BCUT2D eigenvalue weighted by Crippen LogP contribution is -2.50. The fourth-order valence-corrected chi connectivity index (χ4v) is 2.00. The van der Waals surface area contributed by atoms with Crippen LogP contribution < -0.4 is 10.6 Å². The third-order valence-corrected chi connectivity index (χ3v) is 3.37. The predicted octanol–water partition coefficient (Wildman–Crippen LogP) is 1.92. The van der Waals surface area contributed by atoms with Gasteiger partial charge in [0.25, 0.3) is 5.91 Å². The fraction of sp³-hybridized carbons (Fsp3) is 0.438. The van der Waals surface area contributed by atoms with E-state index in [9.17, 15) is 14.4 Å². The SMILES string of the molecule is COC(=O)C(C)(C)NC(=O)CCCNC(=O)c1ccc(Cl)cc1. The molecule has 7 heteroatoms. The third-order valence-electron chi connectivity index (χ3n) is 3.12. The van der Waals surface area contributed by atoms with E-state index in [1.807, 2.05) is 0 Å². The van der Waals surface area contributed by atoms with Crippen LogP contribution in [0.15, 0.2) is 24.3 Å². The number of ether oxygens (including phenoxy) is 1. The number of esters is 1. The molecule has 126 valence electrons. The molecule has 0 aliphatic carbocycles. The zero-order chi connectivity index (χ0) is 17.5. The number of methoxy groups -OCH3 is 1. The summed E-state index contributed by atoms with van der Waals surface area (Å²) in [7, 11) is 1.27. The summed E-state index contributed by atoms with van der Waals surface area (Å²) in [6, 6.07) is 6.53. The molecule has 1 rings (SSSR count). The lowest BCUT2D eigenvalue weighted by molar-refractivity contribution is -0.149. The molecule has 0 aromatic heterocycles. The van der Waals surface area contributed by atoms with Crippen molar-refractivity contribution in [3.63, 3.8) is 0 Å². The van der Waals surface area contributed by atoms with Crippen LogP contribution >= 0.6 is 11.6 Å². The van der Waals surface area contributed by atoms with Crippen molar-refractivity contribution in [2.24, 2.45) is 0 Å². The standard InChI is InChI=1S/C16H21ClN2O4/c1-16(2,15(22)23-3)19-13(20)5-4-10-18-14(21)11-6-8-12(17)9-7-11/h6-9H,4-5,10H2,1-3H3,(H,18,21)(H,19,20). The van der Waals surface area contributed by atoms with Crippen LogP contribution in [-0.2, 0) is 14.3 Å². The number of carbonyl (C=O) groups excluding carboxylic acids is 3. The first-order valence-corrected chi connectivity index (χ1v) is 7.57. The average molecular weight is 341 g/mol. The smallest absolute Gasteiger partial charge is 0.330 e. The van der Waals surface area contributed by atoms with Gasteiger partial charge in [-0.3, -0.25) is 9.59 Å². The molecule has 0 aliphatic heterocycles. The van der Waals surface area contributed by atoms with Crippen molar-refractivity contribution < 1.29 is 19.1 Å². The van der Waals surface area contributed by atoms with Crippen LogP contribution in [0.5, 0.6) is 0 Å². The van der Waals surface area contributed by atoms with E-state index in [4.69, 9.17) is 11.6 Å². The molecule has 0 atom stereocenters. The third kappa shape index (κ3) is 6.28. The molecule has 0 spiro atoms. The fourth-order valence-electron chi connectivity index (χ4n) is 1.87. The molecule has 1 aromatic rings. The Kier molecular flexibility index (Phi) is 7.03. The normalized spacial score (nSPS) is 10.8. The second-order valence-electron chi connectivity index (χ2n) is 5.53. The van der Waals surface area contributed by atoms with E-state index < -0.39 is 11.5 Å². The molecular weight excluding hydrogens is 320 g/mol. The van der Waals surface area contributed by atoms with Crippen LogP contribution in [0.4, 0.5) is 0 Å². The number of amides is 2. The zero-order valence-electron chi connectivity index (χ0n) is 13.4. The molecule has 0 bridgehead atoms. The van der Waals surface area contributed by atoms with Crippen molar-refractivity contribution in [2.45, 2.75) is 32.2 Å². The zero-order valence-corrected chi connectivity index (χ0v) is 14.2. The lowest BCUT2D eigenvalue weighted by atomic mass is 10.1. The van der Waals surface area contributed by atoms with Crippen molar-refractivity contribution in [3.05, 3.63) is 34.9 Å². The van der Waals surface area contributed by atoms with Gasteiger partial charge in [-0.2, -0.15) is 0 Å². The number of benzene rings is 1. The van der Waals surface area contributed by atoms with Crippen molar-refractivity contribution in [3.8, 4) is 0 Å². The quantitative estimate of drug-likeness (QED) is 0.586. The van der Waals surface area contributed by atoms with Crippen molar-refractivity contribution in [2.75, 3.05) is 13.7 Å². The summed E-state index contributed by atoms with van der Waals surface area (Å²) in [5.41, 5.74) is -0.566. The largest absolute Gasteiger partial charge is 0.467 e. The van der Waals surface area contributed by atoms with Crippen LogP contribution in [0.3, 0.4) is 0 Å². The lowest BCUT2D eigenvalue weighted by Gasteiger charge is -2.23. The highest BCUT2D eigenvalue weighted by molar-refractivity contribution is 6.30. The maximum absolute atomic E-state index is 11.8. The topological polar surface area (TPSA) is 84.5 Å². The number of hydrogen-bond acceptors (Lipinski definition) is 4. The van der Waals surface area contributed by atoms with Gasteiger partial charge in [0.1, 0.15) is 5.54 Å². The Morgan fingerprint density at radius 1 is 1.17 bits per heavy atom. The highest BCUT2D eigenvalue weighted by Crippen LogP contribution is 2.09. The highest BCUT2D eigenvalue weighted by atomic mass is 35.5. The number of rotatable bonds is 7. The number of carbonyl (C=O) groups is 3. The van der Waals surface area contributed by atoms with E-state index in [1.54, 1.807) is 38.1 Å². The molecule has 0 saturated heterocycles. The number of halogens is 1. The van der Waals surface area contributed by atoms with Crippen molar-refractivity contribution in [1.82, 2.24) is 10.6 Å². The summed E-state index contributed by atoms with van der Waals surface area (Å²) in [4.78, 5) is 35.1. The Balaban J connectivity index is 2.31. The van der Waals surface area contributed by atoms with Gasteiger partial charge < -0.3 is 15.4 Å². The van der Waals surface area contributed by atoms with E-state index in [2.05, 4.69) is 15.4 Å². The van der Waals surface area contributed by atoms with E-state index in [1.165, 1.54) is 7.11 Å².